The highest BCUT2D eigenvalue weighted by Gasteiger charge is 2.09. The molecule has 0 aromatic carbocycles. The Morgan fingerprint density at radius 2 is 2.31 bits per heavy atom. The molecule has 0 aliphatic carbocycles. The van der Waals surface area contributed by atoms with Crippen molar-refractivity contribution in [2.75, 3.05) is 0 Å². The number of carbonyl (C=O) groups is 1. The number of fused-ring (bicyclic) bond motifs is 1. The van der Waals surface area contributed by atoms with Crippen LogP contribution < -0.4 is 0 Å². The molecule has 0 aliphatic rings. The van der Waals surface area contributed by atoms with Crippen molar-refractivity contribution in [2.45, 2.75) is 0 Å². The fraction of sp³-hybridized carbons (Fsp3) is 0. The Hall–Kier alpha value is -2.04. The lowest BCUT2D eigenvalue weighted by Gasteiger charge is -1.92. The Morgan fingerprint density at radius 1 is 1.54 bits per heavy atom. The summed E-state index contributed by atoms with van der Waals surface area (Å²) in [6, 6.07) is 4.38. The van der Waals surface area contributed by atoms with Gasteiger partial charge in [-0.05, 0) is 12.1 Å². The van der Waals surface area contributed by atoms with Crippen LogP contribution in [0.2, 0.25) is 0 Å². The van der Waals surface area contributed by atoms with Crippen molar-refractivity contribution >= 4 is 11.5 Å². The number of nitrogens with zero attached hydrogens (tertiary/aromatic N) is 2. The van der Waals surface area contributed by atoms with Gasteiger partial charge >= 0.3 is 5.97 Å². The third-order valence-corrected chi connectivity index (χ3v) is 1.70. The molecule has 0 saturated heterocycles. The van der Waals surface area contributed by atoms with E-state index in [1.165, 1.54) is 16.6 Å². The van der Waals surface area contributed by atoms with E-state index in [9.17, 15) is 9.90 Å². The molecular weight excluding hydrogens is 172 g/mol. The summed E-state index contributed by atoms with van der Waals surface area (Å²) in [5.74, 6) is -1.09. The normalized spacial score (nSPS) is 10.5. The van der Waals surface area contributed by atoms with Crippen molar-refractivity contribution in [3.63, 3.8) is 0 Å². The van der Waals surface area contributed by atoms with E-state index < -0.39 is 5.97 Å². The van der Waals surface area contributed by atoms with Crippen LogP contribution in [0.5, 0.6) is 5.75 Å². The standard InChI is InChI=1S/C8H6N2O3/c11-7-2-1-3-10-6(7)4-5(9-10)8(12)13/h1-4,11H,(H,12,13). The molecule has 0 fully saturated rings. The minimum absolute atomic E-state index is 0.0162. The lowest BCUT2D eigenvalue weighted by molar-refractivity contribution is 0.0690. The molecule has 2 N–H and O–H groups in total. The molecule has 0 saturated carbocycles. The van der Waals surface area contributed by atoms with Crippen LogP contribution in [-0.2, 0) is 0 Å². The van der Waals surface area contributed by atoms with Gasteiger partial charge in [-0.15, -0.1) is 0 Å². The summed E-state index contributed by atoms with van der Waals surface area (Å²) in [6.45, 7) is 0. The van der Waals surface area contributed by atoms with Gasteiger partial charge in [0.2, 0.25) is 0 Å². The Labute approximate surface area is 72.9 Å². The van der Waals surface area contributed by atoms with E-state index in [0.717, 1.165) is 0 Å². The van der Waals surface area contributed by atoms with Gasteiger partial charge < -0.3 is 10.2 Å². The summed E-state index contributed by atoms with van der Waals surface area (Å²) < 4.78 is 1.32. The molecule has 0 atom stereocenters. The summed E-state index contributed by atoms with van der Waals surface area (Å²) in [4.78, 5) is 10.5. The molecule has 66 valence electrons. The number of aromatic carboxylic acids is 1. The van der Waals surface area contributed by atoms with Crippen molar-refractivity contribution in [1.29, 1.82) is 0 Å². The fourth-order valence-corrected chi connectivity index (χ4v) is 1.10. The molecule has 0 aliphatic heterocycles. The van der Waals surface area contributed by atoms with E-state index in [1.54, 1.807) is 12.3 Å². The number of pyridine rings is 1. The average molecular weight is 178 g/mol. The summed E-state index contributed by atoms with van der Waals surface area (Å²) in [6.07, 6.45) is 1.57. The van der Waals surface area contributed by atoms with E-state index in [0.29, 0.717) is 5.52 Å². The number of aromatic nitrogens is 2. The average Bonchev–Trinajstić information content (AvgIpc) is 2.49. The van der Waals surface area contributed by atoms with Crippen molar-refractivity contribution in [3.8, 4) is 5.75 Å². The maximum absolute atomic E-state index is 10.5. The first-order valence-corrected chi connectivity index (χ1v) is 3.59. The third kappa shape index (κ3) is 1.10. The summed E-state index contributed by atoms with van der Waals surface area (Å²) in [7, 11) is 0. The molecule has 0 bridgehead atoms. The molecule has 5 nitrogen and oxygen atoms in total. The summed E-state index contributed by atoms with van der Waals surface area (Å²) >= 11 is 0. The van der Waals surface area contributed by atoms with E-state index in [2.05, 4.69) is 5.10 Å². The van der Waals surface area contributed by atoms with Gasteiger partial charge in [-0.3, -0.25) is 0 Å². The predicted molar refractivity (Wildman–Crippen MR) is 43.8 cm³/mol. The molecule has 2 heterocycles. The number of hydrogen-bond acceptors (Lipinski definition) is 3. The topological polar surface area (TPSA) is 74.8 Å². The molecule has 2 aromatic heterocycles. The molecule has 0 radical (unpaired) electrons. The molecule has 2 aromatic rings. The first kappa shape index (κ1) is 7.60. The van der Waals surface area contributed by atoms with E-state index in [4.69, 9.17) is 5.11 Å². The zero-order valence-corrected chi connectivity index (χ0v) is 6.51. The van der Waals surface area contributed by atoms with Crippen LogP contribution in [0.1, 0.15) is 10.5 Å². The van der Waals surface area contributed by atoms with E-state index >= 15 is 0 Å². The van der Waals surface area contributed by atoms with Gasteiger partial charge in [0.05, 0.1) is 0 Å². The van der Waals surface area contributed by atoms with Gasteiger partial charge in [-0.2, -0.15) is 5.10 Å². The second-order valence-electron chi connectivity index (χ2n) is 2.56. The maximum atomic E-state index is 10.5. The minimum Gasteiger partial charge on any atom is -0.506 e. The molecule has 0 spiro atoms. The predicted octanol–water partition coefficient (Wildman–Crippen LogP) is 0.738. The van der Waals surface area contributed by atoms with Gasteiger partial charge in [-0.1, -0.05) is 0 Å². The Bertz CT molecular complexity index is 475. The van der Waals surface area contributed by atoms with Crippen LogP contribution in [-0.4, -0.2) is 25.8 Å². The van der Waals surface area contributed by atoms with Gasteiger partial charge in [0, 0.05) is 12.3 Å². The third-order valence-electron chi connectivity index (χ3n) is 1.70. The van der Waals surface area contributed by atoms with Crippen molar-refractivity contribution < 1.29 is 15.0 Å². The lowest BCUT2D eigenvalue weighted by atomic mass is 10.3. The van der Waals surface area contributed by atoms with Crippen LogP contribution in [0.25, 0.3) is 5.52 Å². The fourth-order valence-electron chi connectivity index (χ4n) is 1.10. The zero-order chi connectivity index (χ0) is 9.42. The number of carboxylic acid groups (broad SMARTS) is 1. The van der Waals surface area contributed by atoms with Crippen LogP contribution in [0.4, 0.5) is 0 Å². The van der Waals surface area contributed by atoms with E-state index in [-0.39, 0.29) is 11.4 Å². The van der Waals surface area contributed by atoms with Crippen molar-refractivity contribution in [2.24, 2.45) is 0 Å². The molecule has 5 heteroatoms. The summed E-state index contributed by atoms with van der Waals surface area (Å²) in [5, 5.41) is 21.7. The van der Waals surface area contributed by atoms with Crippen molar-refractivity contribution in [3.05, 3.63) is 30.1 Å². The lowest BCUT2D eigenvalue weighted by Crippen LogP contribution is -1.96. The van der Waals surface area contributed by atoms with Gasteiger partial charge in [-0.25, -0.2) is 9.31 Å². The Kier molecular flexibility index (Phi) is 1.45. The van der Waals surface area contributed by atoms with Crippen molar-refractivity contribution in [1.82, 2.24) is 9.61 Å². The number of rotatable bonds is 1. The molecule has 2 rings (SSSR count). The second-order valence-corrected chi connectivity index (χ2v) is 2.56. The molecule has 0 unspecified atom stereocenters. The first-order chi connectivity index (χ1) is 6.18. The van der Waals surface area contributed by atoms with E-state index in [1.807, 2.05) is 0 Å². The number of carboxylic acids is 1. The second kappa shape index (κ2) is 2.48. The minimum atomic E-state index is -1.11. The van der Waals surface area contributed by atoms with Gasteiger partial charge in [0.15, 0.2) is 5.69 Å². The van der Waals surface area contributed by atoms with Crippen LogP contribution in [0.3, 0.4) is 0 Å². The number of aromatic hydroxyl groups is 1. The SMILES string of the molecule is O=C(O)c1cc2c(O)cccn2n1. The summed E-state index contributed by atoms with van der Waals surface area (Å²) in [5.41, 5.74) is 0.307. The smallest absolute Gasteiger partial charge is 0.356 e. The Morgan fingerprint density at radius 3 is 2.92 bits per heavy atom. The Balaban J connectivity index is 2.75. The van der Waals surface area contributed by atoms with Crippen LogP contribution in [0, 0.1) is 0 Å². The highest BCUT2D eigenvalue weighted by molar-refractivity contribution is 5.87. The quantitative estimate of drug-likeness (QED) is 0.675. The zero-order valence-electron chi connectivity index (χ0n) is 6.51. The molecular formula is C8H6N2O3. The van der Waals surface area contributed by atoms with Crippen LogP contribution in [0.15, 0.2) is 24.4 Å². The largest absolute Gasteiger partial charge is 0.506 e. The molecule has 0 amide bonds. The van der Waals surface area contributed by atoms with Gasteiger partial charge in [0.1, 0.15) is 11.3 Å². The van der Waals surface area contributed by atoms with Gasteiger partial charge in [0.25, 0.3) is 0 Å². The van der Waals surface area contributed by atoms with Crippen LogP contribution >= 0.6 is 0 Å². The maximum Gasteiger partial charge on any atom is 0.356 e. The molecule has 13 heavy (non-hydrogen) atoms. The highest BCUT2D eigenvalue weighted by Crippen LogP contribution is 2.17. The highest BCUT2D eigenvalue weighted by atomic mass is 16.4. The first-order valence-electron chi connectivity index (χ1n) is 3.59. The monoisotopic (exact) mass is 178 g/mol. The number of hydrogen-bond donors (Lipinski definition) is 2.